The van der Waals surface area contributed by atoms with Crippen LogP contribution >= 0.6 is 0 Å². The van der Waals surface area contributed by atoms with Gasteiger partial charge in [0.05, 0.1) is 5.69 Å². The molecule has 2 rings (SSSR count). The Labute approximate surface area is 91.9 Å². The van der Waals surface area contributed by atoms with E-state index in [0.29, 0.717) is 0 Å². The molecule has 84 valence electrons. The van der Waals surface area contributed by atoms with Crippen LogP contribution in [0.15, 0.2) is 12.3 Å². The van der Waals surface area contributed by atoms with E-state index in [9.17, 15) is 0 Å². The Bertz CT molecular complexity index is 306. The van der Waals surface area contributed by atoms with E-state index in [2.05, 4.69) is 23.4 Å². The van der Waals surface area contributed by atoms with Crippen LogP contribution in [0, 0.1) is 5.92 Å². The van der Waals surface area contributed by atoms with Crippen LogP contribution in [0.4, 0.5) is 0 Å². The van der Waals surface area contributed by atoms with Crippen molar-refractivity contribution in [1.29, 1.82) is 0 Å². The molecule has 2 unspecified atom stereocenters. The van der Waals surface area contributed by atoms with Gasteiger partial charge in [-0.05, 0) is 24.8 Å². The molecule has 1 aromatic heterocycles. The maximum atomic E-state index is 4.38. The Kier molecular flexibility index (Phi) is 3.41. The summed E-state index contributed by atoms with van der Waals surface area (Å²) < 4.78 is 1.86. The van der Waals surface area contributed by atoms with Gasteiger partial charge in [-0.25, -0.2) is 0 Å². The number of aromatic nitrogens is 2. The predicted octanol–water partition coefficient (Wildman–Crippen LogP) is 2.09. The van der Waals surface area contributed by atoms with E-state index in [1.165, 1.54) is 25.7 Å². The van der Waals surface area contributed by atoms with Crippen LogP contribution in [-0.4, -0.2) is 15.8 Å². The first-order valence-electron chi connectivity index (χ1n) is 6.01. The van der Waals surface area contributed by atoms with E-state index in [0.717, 1.165) is 24.2 Å². The number of aryl methyl sites for hydroxylation is 1. The summed E-state index contributed by atoms with van der Waals surface area (Å²) in [5.74, 6) is 0.883. The van der Waals surface area contributed by atoms with Crippen LogP contribution in [0.25, 0.3) is 0 Å². The van der Waals surface area contributed by atoms with Gasteiger partial charge in [0.15, 0.2) is 0 Å². The third-order valence-corrected chi connectivity index (χ3v) is 3.50. The minimum atomic E-state index is 0.719. The standard InChI is InChI=1S/C12H21N3/c1-3-10-5-4-6-12(10)13-9-11-7-8-15(2)14-11/h7-8,10,12-13H,3-6,9H2,1-2H3. The van der Waals surface area contributed by atoms with Crippen molar-refractivity contribution in [2.45, 2.75) is 45.2 Å². The zero-order valence-corrected chi connectivity index (χ0v) is 9.74. The molecule has 1 N–H and O–H groups in total. The van der Waals surface area contributed by atoms with E-state index < -0.39 is 0 Å². The second-order valence-corrected chi connectivity index (χ2v) is 4.57. The summed E-state index contributed by atoms with van der Waals surface area (Å²) in [4.78, 5) is 0. The van der Waals surface area contributed by atoms with E-state index in [-0.39, 0.29) is 0 Å². The van der Waals surface area contributed by atoms with Crippen molar-refractivity contribution in [2.75, 3.05) is 0 Å². The van der Waals surface area contributed by atoms with Gasteiger partial charge in [0.25, 0.3) is 0 Å². The summed E-state index contributed by atoms with van der Waals surface area (Å²) in [5.41, 5.74) is 1.15. The summed E-state index contributed by atoms with van der Waals surface area (Å²) in [6.07, 6.45) is 7.43. The van der Waals surface area contributed by atoms with Gasteiger partial charge in [0.2, 0.25) is 0 Å². The molecule has 0 aromatic carbocycles. The summed E-state index contributed by atoms with van der Waals surface area (Å²) in [5, 5.41) is 8.01. The molecular formula is C12H21N3. The average Bonchev–Trinajstić information content (AvgIpc) is 2.83. The maximum absolute atomic E-state index is 4.38. The molecule has 2 atom stereocenters. The molecule has 3 heteroatoms. The normalized spacial score (nSPS) is 26.0. The number of rotatable bonds is 4. The van der Waals surface area contributed by atoms with Crippen LogP contribution in [0.3, 0.4) is 0 Å². The highest BCUT2D eigenvalue weighted by molar-refractivity contribution is 4.99. The van der Waals surface area contributed by atoms with Gasteiger partial charge < -0.3 is 5.32 Å². The molecular weight excluding hydrogens is 186 g/mol. The van der Waals surface area contributed by atoms with Gasteiger partial charge in [-0.2, -0.15) is 5.10 Å². The van der Waals surface area contributed by atoms with E-state index >= 15 is 0 Å². The van der Waals surface area contributed by atoms with Crippen LogP contribution in [0.2, 0.25) is 0 Å². The number of hydrogen-bond acceptors (Lipinski definition) is 2. The van der Waals surface area contributed by atoms with Crippen LogP contribution < -0.4 is 5.32 Å². The largest absolute Gasteiger partial charge is 0.308 e. The van der Waals surface area contributed by atoms with E-state index in [4.69, 9.17) is 0 Å². The zero-order chi connectivity index (χ0) is 10.7. The zero-order valence-electron chi connectivity index (χ0n) is 9.74. The third-order valence-electron chi connectivity index (χ3n) is 3.50. The minimum Gasteiger partial charge on any atom is -0.308 e. The second kappa shape index (κ2) is 4.79. The first kappa shape index (κ1) is 10.7. The summed E-state index contributed by atoms with van der Waals surface area (Å²) >= 11 is 0. The minimum absolute atomic E-state index is 0.719. The van der Waals surface area contributed by atoms with Gasteiger partial charge in [-0.15, -0.1) is 0 Å². The van der Waals surface area contributed by atoms with Crippen molar-refractivity contribution in [3.8, 4) is 0 Å². The monoisotopic (exact) mass is 207 g/mol. The lowest BCUT2D eigenvalue weighted by Gasteiger charge is -2.18. The van der Waals surface area contributed by atoms with Gasteiger partial charge in [0, 0.05) is 25.8 Å². The third kappa shape index (κ3) is 2.59. The van der Waals surface area contributed by atoms with Gasteiger partial charge in [-0.1, -0.05) is 19.8 Å². The highest BCUT2D eigenvalue weighted by Gasteiger charge is 2.24. The smallest absolute Gasteiger partial charge is 0.0762 e. The Hall–Kier alpha value is -0.830. The number of nitrogens with one attached hydrogen (secondary N) is 1. The van der Waals surface area contributed by atoms with Crippen molar-refractivity contribution in [1.82, 2.24) is 15.1 Å². The molecule has 1 fully saturated rings. The Balaban J connectivity index is 1.82. The summed E-state index contributed by atoms with van der Waals surface area (Å²) in [6.45, 7) is 3.22. The molecule has 0 spiro atoms. The van der Waals surface area contributed by atoms with E-state index in [1.54, 1.807) is 0 Å². The average molecular weight is 207 g/mol. The molecule has 0 saturated heterocycles. The fourth-order valence-electron chi connectivity index (χ4n) is 2.59. The molecule has 1 aromatic rings. The first-order chi connectivity index (χ1) is 7.29. The highest BCUT2D eigenvalue weighted by atomic mass is 15.3. The van der Waals surface area contributed by atoms with Crippen LogP contribution in [0.5, 0.6) is 0 Å². The predicted molar refractivity (Wildman–Crippen MR) is 61.5 cm³/mol. The molecule has 0 amide bonds. The van der Waals surface area contributed by atoms with Crippen LogP contribution in [0.1, 0.15) is 38.3 Å². The first-order valence-corrected chi connectivity index (χ1v) is 6.01. The Morgan fingerprint density at radius 3 is 3.07 bits per heavy atom. The van der Waals surface area contributed by atoms with Crippen molar-refractivity contribution < 1.29 is 0 Å². The lowest BCUT2D eigenvalue weighted by molar-refractivity contribution is 0.387. The van der Waals surface area contributed by atoms with Crippen molar-refractivity contribution in [3.05, 3.63) is 18.0 Å². The van der Waals surface area contributed by atoms with Crippen LogP contribution in [-0.2, 0) is 13.6 Å². The quantitative estimate of drug-likeness (QED) is 0.819. The van der Waals surface area contributed by atoms with Crippen molar-refractivity contribution >= 4 is 0 Å². The molecule has 1 aliphatic rings. The Morgan fingerprint density at radius 1 is 1.53 bits per heavy atom. The second-order valence-electron chi connectivity index (χ2n) is 4.57. The number of nitrogens with zero attached hydrogens (tertiary/aromatic N) is 2. The fraction of sp³-hybridized carbons (Fsp3) is 0.750. The fourth-order valence-corrected chi connectivity index (χ4v) is 2.59. The number of hydrogen-bond donors (Lipinski definition) is 1. The van der Waals surface area contributed by atoms with Crippen molar-refractivity contribution in [3.63, 3.8) is 0 Å². The summed E-state index contributed by atoms with van der Waals surface area (Å²) in [6, 6.07) is 2.81. The van der Waals surface area contributed by atoms with Gasteiger partial charge in [-0.3, -0.25) is 4.68 Å². The molecule has 1 heterocycles. The Morgan fingerprint density at radius 2 is 2.40 bits per heavy atom. The lowest BCUT2D eigenvalue weighted by atomic mass is 10.0. The van der Waals surface area contributed by atoms with Crippen molar-refractivity contribution in [2.24, 2.45) is 13.0 Å². The molecule has 0 bridgehead atoms. The maximum Gasteiger partial charge on any atom is 0.0762 e. The molecule has 0 aliphatic heterocycles. The highest BCUT2D eigenvalue weighted by Crippen LogP contribution is 2.28. The van der Waals surface area contributed by atoms with Gasteiger partial charge in [0.1, 0.15) is 0 Å². The summed E-state index contributed by atoms with van der Waals surface area (Å²) in [7, 11) is 1.97. The molecule has 1 saturated carbocycles. The molecule has 3 nitrogen and oxygen atoms in total. The molecule has 15 heavy (non-hydrogen) atoms. The van der Waals surface area contributed by atoms with E-state index in [1.807, 2.05) is 17.9 Å². The molecule has 0 radical (unpaired) electrons. The van der Waals surface area contributed by atoms with Gasteiger partial charge >= 0.3 is 0 Å². The SMILES string of the molecule is CCC1CCCC1NCc1ccn(C)n1. The molecule has 1 aliphatic carbocycles. The topological polar surface area (TPSA) is 29.9 Å². The lowest BCUT2D eigenvalue weighted by Crippen LogP contribution is -2.31.